The molecule has 0 bridgehead atoms. The van der Waals surface area contributed by atoms with Crippen LogP contribution < -0.4 is 4.90 Å². The number of halogens is 9. The average Bonchev–Trinajstić information content (AvgIpc) is 3.19. The fourth-order valence-electron chi connectivity index (χ4n) is 3.01. The van der Waals surface area contributed by atoms with Crippen LogP contribution in [0.4, 0.5) is 50.9 Å². The number of benzene rings is 2. The lowest BCUT2D eigenvalue weighted by atomic mass is 10.1. The first-order chi connectivity index (χ1) is 15.7. The molecule has 0 amide bonds. The number of hydrogen-bond acceptors (Lipinski definition) is 4. The van der Waals surface area contributed by atoms with E-state index in [1.807, 2.05) is 0 Å². The summed E-state index contributed by atoms with van der Waals surface area (Å²) < 4.78 is 124. The molecule has 5 nitrogen and oxygen atoms in total. The molecule has 0 radical (unpaired) electrons. The lowest BCUT2D eigenvalue weighted by Gasteiger charge is -2.25. The van der Waals surface area contributed by atoms with Crippen LogP contribution in [-0.2, 0) is 18.9 Å². The molecular weight excluding hydrogens is 483 g/mol. The maximum atomic E-state index is 13.3. The van der Waals surface area contributed by atoms with Gasteiger partial charge in [-0.2, -0.15) is 39.5 Å². The van der Waals surface area contributed by atoms with Gasteiger partial charge >= 0.3 is 18.5 Å². The molecule has 0 atom stereocenters. The summed E-state index contributed by atoms with van der Waals surface area (Å²) in [6.07, 6.45) is -14.7. The van der Waals surface area contributed by atoms with Crippen molar-refractivity contribution in [2.24, 2.45) is 0 Å². The first kappa shape index (κ1) is 24.9. The van der Waals surface area contributed by atoms with Gasteiger partial charge in [-0.25, -0.2) is 4.85 Å². The lowest BCUT2D eigenvalue weighted by molar-refractivity contribution is -0.137. The van der Waals surface area contributed by atoms with Gasteiger partial charge in [0.1, 0.15) is 6.54 Å². The molecule has 0 aliphatic rings. The third kappa shape index (κ3) is 5.77. The molecule has 14 heteroatoms. The third-order valence-electron chi connectivity index (χ3n) is 4.40. The van der Waals surface area contributed by atoms with E-state index in [1.165, 1.54) is 6.07 Å². The van der Waals surface area contributed by atoms with Crippen molar-refractivity contribution in [3.8, 4) is 11.5 Å². The zero-order chi connectivity index (χ0) is 25.3. The van der Waals surface area contributed by atoms with Gasteiger partial charge in [0, 0.05) is 5.69 Å². The second-order valence-corrected chi connectivity index (χ2v) is 6.83. The number of nitrogens with zero attached hydrogens (tertiary/aromatic N) is 4. The van der Waals surface area contributed by atoms with Gasteiger partial charge in [-0.3, -0.25) is 0 Å². The van der Waals surface area contributed by atoms with Crippen LogP contribution in [0.3, 0.4) is 0 Å². The Kier molecular flexibility index (Phi) is 6.50. The number of hydrogen-bond donors (Lipinski definition) is 0. The van der Waals surface area contributed by atoms with Crippen molar-refractivity contribution in [3.05, 3.63) is 70.9 Å². The molecule has 0 fully saturated rings. The number of anilines is 1. The van der Waals surface area contributed by atoms with Crippen LogP contribution in [-0.4, -0.2) is 22.9 Å². The molecular formula is C20H11F9N4O. The van der Waals surface area contributed by atoms with Crippen LogP contribution in [0, 0.1) is 6.57 Å². The van der Waals surface area contributed by atoms with Crippen LogP contribution in [0.25, 0.3) is 16.3 Å². The van der Waals surface area contributed by atoms with Crippen LogP contribution in [0.2, 0.25) is 0 Å². The van der Waals surface area contributed by atoms with Gasteiger partial charge in [-0.1, -0.05) is 18.2 Å². The normalized spacial score (nSPS) is 12.5. The largest absolute Gasteiger partial charge is 0.419 e. The maximum Gasteiger partial charge on any atom is 0.417 e. The van der Waals surface area contributed by atoms with E-state index >= 15 is 0 Å². The van der Waals surface area contributed by atoms with Gasteiger partial charge < -0.3 is 9.32 Å². The molecule has 0 aliphatic carbocycles. The summed E-state index contributed by atoms with van der Waals surface area (Å²) in [5, 5.41) is 6.90. The van der Waals surface area contributed by atoms with Gasteiger partial charge in [0.05, 0.1) is 29.8 Å². The molecule has 180 valence electrons. The van der Waals surface area contributed by atoms with Gasteiger partial charge in [-0.15, -0.1) is 10.2 Å². The summed E-state index contributed by atoms with van der Waals surface area (Å²) in [5.41, 5.74) is -4.46. The van der Waals surface area contributed by atoms with E-state index in [1.54, 1.807) is 0 Å². The Morgan fingerprint density at radius 2 is 1.50 bits per heavy atom. The lowest BCUT2D eigenvalue weighted by Crippen LogP contribution is -2.34. The van der Waals surface area contributed by atoms with E-state index in [4.69, 9.17) is 11.0 Å². The topological polar surface area (TPSA) is 46.5 Å². The Labute approximate surface area is 185 Å². The second-order valence-electron chi connectivity index (χ2n) is 6.83. The molecule has 0 saturated heterocycles. The Morgan fingerprint density at radius 3 is 2.09 bits per heavy atom. The summed E-state index contributed by atoms with van der Waals surface area (Å²) in [7, 11) is 0. The van der Waals surface area contributed by atoms with Gasteiger partial charge in [0.15, 0.2) is 5.69 Å². The zero-order valence-corrected chi connectivity index (χ0v) is 16.6. The molecule has 3 aromatic rings. The monoisotopic (exact) mass is 494 g/mol. The molecule has 3 rings (SSSR count). The molecule has 0 saturated carbocycles. The zero-order valence-electron chi connectivity index (χ0n) is 16.6. The molecule has 2 aromatic carbocycles. The number of aromatic nitrogens is 2. The van der Waals surface area contributed by atoms with Crippen molar-refractivity contribution < 1.29 is 43.9 Å². The Morgan fingerprint density at radius 1 is 0.853 bits per heavy atom. The highest BCUT2D eigenvalue weighted by Crippen LogP contribution is 2.40. The summed E-state index contributed by atoms with van der Waals surface area (Å²) in [5.74, 6) is -1.20. The fourth-order valence-corrected chi connectivity index (χ4v) is 3.01. The first-order valence-corrected chi connectivity index (χ1v) is 9.08. The average molecular weight is 494 g/mol. The highest BCUT2D eigenvalue weighted by Gasteiger charge is 2.37. The molecule has 34 heavy (non-hydrogen) atoms. The van der Waals surface area contributed by atoms with E-state index in [0.29, 0.717) is 17.0 Å². The van der Waals surface area contributed by atoms with Crippen molar-refractivity contribution in [1.82, 2.24) is 10.2 Å². The van der Waals surface area contributed by atoms with Gasteiger partial charge in [0.2, 0.25) is 11.8 Å². The molecule has 0 aliphatic heterocycles. The van der Waals surface area contributed by atoms with Crippen molar-refractivity contribution in [1.29, 1.82) is 0 Å². The number of rotatable bonds is 5. The molecule has 0 unspecified atom stereocenters. The predicted octanol–water partition coefficient (Wildman–Crippen LogP) is 6.89. The van der Waals surface area contributed by atoms with Gasteiger partial charge in [-0.05, 0) is 24.3 Å². The fraction of sp³-hybridized carbons (Fsp3) is 0.250. The molecule has 1 aromatic heterocycles. The standard InChI is InChI=1S/C20H11F9N4O/c1-30-15-7-6-11(8-14(15)20(27,28)29)33(10-18(21,22)23)9-16-31-32-17(34-16)12-4-2-3-5-13(12)19(24,25)26/h2-8H,9-10H2. The highest BCUT2D eigenvalue weighted by atomic mass is 19.4. The quantitative estimate of drug-likeness (QED) is 0.286. The minimum atomic E-state index is -5.02. The Balaban J connectivity index is 1.99. The minimum Gasteiger partial charge on any atom is -0.419 e. The summed E-state index contributed by atoms with van der Waals surface area (Å²) in [6.45, 7) is 4.23. The third-order valence-corrected chi connectivity index (χ3v) is 4.40. The minimum absolute atomic E-state index is 0.370. The Bertz CT molecular complexity index is 1210. The van der Waals surface area contributed by atoms with Crippen molar-refractivity contribution in [2.75, 3.05) is 11.4 Å². The maximum absolute atomic E-state index is 13.3. The number of alkyl halides is 9. The summed E-state index contributed by atoms with van der Waals surface area (Å²) in [6, 6.07) is 6.09. The molecule has 0 spiro atoms. The van der Waals surface area contributed by atoms with Crippen LogP contribution in [0.1, 0.15) is 17.0 Å². The highest BCUT2D eigenvalue weighted by molar-refractivity contribution is 5.63. The Hall–Kier alpha value is -3.76. The smallest absolute Gasteiger partial charge is 0.417 e. The van der Waals surface area contributed by atoms with Crippen LogP contribution in [0.15, 0.2) is 46.9 Å². The van der Waals surface area contributed by atoms with Crippen molar-refractivity contribution >= 4 is 11.4 Å². The van der Waals surface area contributed by atoms with Crippen LogP contribution in [0.5, 0.6) is 0 Å². The van der Waals surface area contributed by atoms with E-state index in [0.717, 1.165) is 24.3 Å². The van der Waals surface area contributed by atoms with E-state index in [9.17, 15) is 39.5 Å². The van der Waals surface area contributed by atoms with Crippen molar-refractivity contribution in [3.63, 3.8) is 0 Å². The summed E-state index contributed by atoms with van der Waals surface area (Å²) in [4.78, 5) is 3.14. The van der Waals surface area contributed by atoms with E-state index < -0.39 is 71.5 Å². The molecule has 0 N–H and O–H groups in total. The van der Waals surface area contributed by atoms with Crippen molar-refractivity contribution in [2.45, 2.75) is 25.1 Å². The SMILES string of the molecule is [C-]#[N+]c1ccc(N(Cc2nnc(-c3ccccc3C(F)(F)F)o2)CC(F)(F)F)cc1C(F)(F)F. The predicted molar refractivity (Wildman–Crippen MR) is 99.5 cm³/mol. The van der Waals surface area contributed by atoms with Crippen LogP contribution >= 0.6 is 0 Å². The first-order valence-electron chi connectivity index (χ1n) is 9.08. The van der Waals surface area contributed by atoms with E-state index in [-0.39, 0.29) is 0 Å². The summed E-state index contributed by atoms with van der Waals surface area (Å²) >= 11 is 0. The van der Waals surface area contributed by atoms with Gasteiger partial charge in [0.25, 0.3) is 0 Å². The van der Waals surface area contributed by atoms with E-state index in [2.05, 4.69) is 15.0 Å². The molecule has 1 heterocycles. The second kappa shape index (κ2) is 8.88.